The molecule has 0 aliphatic rings. The van der Waals surface area contributed by atoms with Gasteiger partial charge in [-0.15, -0.1) is 10.2 Å². The first-order valence-electron chi connectivity index (χ1n) is 10.3. The molecule has 0 fully saturated rings. The summed E-state index contributed by atoms with van der Waals surface area (Å²) < 4.78 is 1.91. The summed E-state index contributed by atoms with van der Waals surface area (Å²) in [5, 5.41) is 14.9. The largest absolute Gasteiger partial charge is 0.345 e. The molecule has 1 aromatic heterocycles. The maximum atomic E-state index is 12.4. The molecule has 0 atom stereocenters. The molecule has 8 heteroatoms. The van der Waals surface area contributed by atoms with Crippen molar-refractivity contribution >= 4 is 29.3 Å². The van der Waals surface area contributed by atoms with Gasteiger partial charge in [-0.05, 0) is 49.6 Å². The first-order valence-corrected chi connectivity index (χ1v) is 11.3. The number of hydrogen-bond acceptors (Lipinski definition) is 5. The van der Waals surface area contributed by atoms with Gasteiger partial charge in [0.05, 0.1) is 12.3 Å². The summed E-state index contributed by atoms with van der Waals surface area (Å²) in [6.07, 6.45) is 0.963. The second-order valence-corrected chi connectivity index (χ2v) is 7.97. The molecular formula is C23H27N5O2S. The molecule has 0 radical (unpaired) electrons. The fourth-order valence-corrected chi connectivity index (χ4v) is 3.93. The molecule has 3 rings (SSSR count). The Hall–Kier alpha value is -3.13. The lowest BCUT2D eigenvalue weighted by molar-refractivity contribution is -0.113. The zero-order chi connectivity index (χ0) is 22.2. The average Bonchev–Trinajstić information content (AvgIpc) is 3.18. The van der Waals surface area contributed by atoms with Gasteiger partial charge in [0, 0.05) is 17.8 Å². The second kappa shape index (κ2) is 10.8. The maximum Gasteiger partial charge on any atom is 0.251 e. The van der Waals surface area contributed by atoms with Gasteiger partial charge in [0.15, 0.2) is 11.0 Å². The molecular weight excluding hydrogens is 410 g/mol. The fourth-order valence-electron chi connectivity index (χ4n) is 3.11. The van der Waals surface area contributed by atoms with Gasteiger partial charge in [0.1, 0.15) is 0 Å². The zero-order valence-corrected chi connectivity index (χ0v) is 18.8. The highest BCUT2D eigenvalue weighted by Gasteiger charge is 2.15. The quantitative estimate of drug-likeness (QED) is 0.497. The van der Waals surface area contributed by atoms with Crippen LogP contribution in [-0.4, -0.2) is 32.3 Å². The zero-order valence-electron chi connectivity index (χ0n) is 18.0. The first kappa shape index (κ1) is 22.6. The van der Waals surface area contributed by atoms with Crippen LogP contribution in [0.15, 0.2) is 53.7 Å². The summed E-state index contributed by atoms with van der Waals surface area (Å²) in [5.41, 5.74) is 3.57. The summed E-state index contributed by atoms with van der Waals surface area (Å²) in [5.74, 6) is 0.631. The predicted molar refractivity (Wildman–Crippen MR) is 123 cm³/mol. The number of carbonyl (C=O) groups excluding carboxylic acids is 2. The van der Waals surface area contributed by atoms with Crippen molar-refractivity contribution in [2.75, 3.05) is 11.1 Å². The molecule has 0 saturated carbocycles. The van der Waals surface area contributed by atoms with Gasteiger partial charge in [0.2, 0.25) is 5.91 Å². The van der Waals surface area contributed by atoms with Crippen molar-refractivity contribution in [1.29, 1.82) is 0 Å². The van der Waals surface area contributed by atoms with Gasteiger partial charge >= 0.3 is 0 Å². The van der Waals surface area contributed by atoms with Crippen molar-refractivity contribution in [2.45, 2.75) is 45.4 Å². The molecule has 0 spiro atoms. The van der Waals surface area contributed by atoms with E-state index in [9.17, 15) is 9.59 Å². The summed E-state index contributed by atoms with van der Waals surface area (Å²) in [4.78, 5) is 24.8. The van der Waals surface area contributed by atoms with Crippen LogP contribution in [0.4, 0.5) is 5.69 Å². The van der Waals surface area contributed by atoms with E-state index < -0.39 is 0 Å². The van der Waals surface area contributed by atoms with Crippen molar-refractivity contribution in [3.8, 4) is 0 Å². The van der Waals surface area contributed by atoms with Crippen LogP contribution in [0.25, 0.3) is 0 Å². The third kappa shape index (κ3) is 5.95. The fraction of sp³-hybridized carbons (Fsp3) is 0.304. The number of amides is 2. The summed E-state index contributed by atoms with van der Waals surface area (Å²) in [7, 11) is 0. The topological polar surface area (TPSA) is 88.9 Å². The third-order valence-electron chi connectivity index (χ3n) is 4.88. The minimum atomic E-state index is -0.147. The summed E-state index contributed by atoms with van der Waals surface area (Å²) in [6.45, 7) is 6.89. The van der Waals surface area contributed by atoms with Gasteiger partial charge in [-0.25, -0.2) is 0 Å². The molecule has 3 aromatic rings. The minimum Gasteiger partial charge on any atom is -0.345 e. The van der Waals surface area contributed by atoms with Crippen molar-refractivity contribution in [1.82, 2.24) is 20.1 Å². The normalized spacial score (nSPS) is 10.7. The van der Waals surface area contributed by atoms with Crippen molar-refractivity contribution in [3.05, 3.63) is 71.0 Å². The number of hydrogen-bond donors (Lipinski definition) is 2. The molecule has 0 aliphatic carbocycles. The number of nitrogens with one attached hydrogen (secondary N) is 2. The molecule has 2 amide bonds. The van der Waals surface area contributed by atoms with E-state index in [-0.39, 0.29) is 24.1 Å². The van der Waals surface area contributed by atoms with E-state index in [1.54, 1.807) is 6.07 Å². The van der Waals surface area contributed by atoms with Gasteiger partial charge in [-0.2, -0.15) is 0 Å². The van der Waals surface area contributed by atoms with E-state index in [0.717, 1.165) is 17.7 Å². The molecule has 0 unspecified atom stereocenters. The highest BCUT2D eigenvalue weighted by Crippen LogP contribution is 2.18. The van der Waals surface area contributed by atoms with Crippen LogP contribution in [-0.2, 0) is 24.3 Å². The standard InChI is InChI=1S/C23H27N5O2S/c1-4-17-10-12-18(13-11-17)25-21(29)15-31-23-27-26-20(28(23)5-2)14-24-22(30)19-9-7-6-8-16(19)3/h6-13H,4-5,14-15H2,1-3H3,(H,24,30)(H,25,29). The number of nitrogens with zero attached hydrogens (tertiary/aromatic N) is 3. The average molecular weight is 438 g/mol. The Kier molecular flexibility index (Phi) is 7.83. The Bertz CT molecular complexity index is 1050. The highest BCUT2D eigenvalue weighted by molar-refractivity contribution is 7.99. The van der Waals surface area contributed by atoms with Crippen LogP contribution >= 0.6 is 11.8 Å². The van der Waals surface area contributed by atoms with Crippen LogP contribution in [0.3, 0.4) is 0 Å². The molecule has 7 nitrogen and oxygen atoms in total. The van der Waals surface area contributed by atoms with Gasteiger partial charge in [-0.1, -0.05) is 49.0 Å². The highest BCUT2D eigenvalue weighted by atomic mass is 32.2. The smallest absolute Gasteiger partial charge is 0.251 e. The van der Waals surface area contributed by atoms with E-state index in [2.05, 4.69) is 27.8 Å². The van der Waals surface area contributed by atoms with Gasteiger partial charge < -0.3 is 15.2 Å². The van der Waals surface area contributed by atoms with Crippen molar-refractivity contribution < 1.29 is 9.59 Å². The lowest BCUT2D eigenvalue weighted by Gasteiger charge is -2.10. The van der Waals surface area contributed by atoms with Crippen LogP contribution in [0, 0.1) is 6.92 Å². The number of aryl methyl sites for hydroxylation is 2. The second-order valence-electron chi connectivity index (χ2n) is 7.03. The van der Waals surface area contributed by atoms with E-state index >= 15 is 0 Å². The van der Waals surface area contributed by atoms with Crippen LogP contribution in [0.2, 0.25) is 0 Å². The van der Waals surface area contributed by atoms with Crippen LogP contribution < -0.4 is 10.6 Å². The number of rotatable bonds is 9. The molecule has 31 heavy (non-hydrogen) atoms. The Morgan fingerprint density at radius 2 is 1.77 bits per heavy atom. The molecule has 0 bridgehead atoms. The summed E-state index contributed by atoms with van der Waals surface area (Å²) >= 11 is 1.33. The van der Waals surface area contributed by atoms with E-state index in [1.165, 1.54) is 17.3 Å². The number of anilines is 1. The Labute approximate surface area is 186 Å². The lowest BCUT2D eigenvalue weighted by atomic mass is 10.1. The molecule has 2 aromatic carbocycles. The van der Waals surface area contributed by atoms with Gasteiger partial charge in [-0.3, -0.25) is 9.59 Å². The number of thioether (sulfide) groups is 1. The van der Waals surface area contributed by atoms with E-state index in [1.807, 2.05) is 60.9 Å². The monoisotopic (exact) mass is 437 g/mol. The first-order chi connectivity index (χ1) is 15.0. The molecule has 2 N–H and O–H groups in total. The summed E-state index contributed by atoms with van der Waals surface area (Å²) in [6, 6.07) is 15.3. The van der Waals surface area contributed by atoms with Crippen LogP contribution in [0.1, 0.15) is 41.2 Å². The Morgan fingerprint density at radius 3 is 2.45 bits per heavy atom. The lowest BCUT2D eigenvalue weighted by Crippen LogP contribution is -2.25. The molecule has 162 valence electrons. The van der Waals surface area contributed by atoms with Crippen LogP contribution in [0.5, 0.6) is 0 Å². The Morgan fingerprint density at radius 1 is 1.03 bits per heavy atom. The maximum absolute atomic E-state index is 12.4. The molecule has 0 saturated heterocycles. The third-order valence-corrected chi connectivity index (χ3v) is 5.85. The number of benzene rings is 2. The van der Waals surface area contributed by atoms with Crippen molar-refractivity contribution in [2.24, 2.45) is 0 Å². The number of carbonyl (C=O) groups is 2. The molecule has 1 heterocycles. The van der Waals surface area contributed by atoms with Crippen molar-refractivity contribution in [3.63, 3.8) is 0 Å². The number of aromatic nitrogens is 3. The van der Waals surface area contributed by atoms with E-state index in [4.69, 9.17) is 0 Å². The SMILES string of the molecule is CCc1ccc(NC(=O)CSc2nnc(CNC(=O)c3ccccc3C)n2CC)cc1. The minimum absolute atomic E-state index is 0.102. The predicted octanol–water partition coefficient (Wildman–Crippen LogP) is 3.83. The Balaban J connectivity index is 1.56. The molecule has 0 aliphatic heterocycles. The van der Waals surface area contributed by atoms with E-state index in [0.29, 0.717) is 23.1 Å². The van der Waals surface area contributed by atoms with Gasteiger partial charge in [0.25, 0.3) is 5.91 Å².